The molecule has 2 heterocycles. The number of nitrogens with zero attached hydrogens (tertiary/aromatic N) is 1. The molecule has 1 fully saturated rings. The number of hydrogen-bond donors (Lipinski definition) is 1. The Labute approximate surface area is 119 Å². The van der Waals surface area contributed by atoms with Crippen LogP contribution in [0, 0.1) is 5.92 Å². The third-order valence-corrected chi connectivity index (χ3v) is 5.46. The van der Waals surface area contributed by atoms with Gasteiger partial charge >= 0.3 is 0 Å². The van der Waals surface area contributed by atoms with E-state index in [2.05, 4.69) is 26.2 Å². The van der Waals surface area contributed by atoms with Crippen LogP contribution in [0.1, 0.15) is 31.2 Å². The molecule has 2 unspecified atom stereocenters. The number of fused-ring (bicyclic) bond motifs is 2. The van der Waals surface area contributed by atoms with Gasteiger partial charge in [-0.1, -0.05) is 11.6 Å². The van der Waals surface area contributed by atoms with Crippen LogP contribution >= 0.6 is 27.5 Å². The molecule has 0 amide bonds. The van der Waals surface area contributed by atoms with Gasteiger partial charge in [0, 0.05) is 30.1 Å². The number of aldehydes is 1. The van der Waals surface area contributed by atoms with Crippen molar-refractivity contribution in [2.45, 2.75) is 31.1 Å². The molecule has 1 saturated carbocycles. The van der Waals surface area contributed by atoms with Crippen LogP contribution in [0.25, 0.3) is 0 Å². The van der Waals surface area contributed by atoms with E-state index < -0.39 is 0 Å². The van der Waals surface area contributed by atoms with Gasteiger partial charge < -0.3 is 10.1 Å². The van der Waals surface area contributed by atoms with Gasteiger partial charge in [0.15, 0.2) is 0 Å². The highest BCUT2D eigenvalue weighted by Gasteiger charge is 2.47. The van der Waals surface area contributed by atoms with Crippen LogP contribution in [0.15, 0.2) is 10.7 Å². The number of pyridine rings is 1. The molecule has 1 N–H and O–H groups in total. The minimum Gasteiger partial charge on any atom is -0.369 e. The number of nitrogens with one attached hydrogen (secondary N) is 1. The molecule has 96 valence electrons. The number of rotatable bonds is 2. The van der Waals surface area contributed by atoms with Crippen molar-refractivity contribution >= 4 is 39.6 Å². The van der Waals surface area contributed by atoms with Crippen molar-refractivity contribution in [1.82, 2.24) is 4.98 Å². The lowest BCUT2D eigenvalue weighted by atomic mass is 9.80. The highest BCUT2D eigenvalue weighted by molar-refractivity contribution is 9.10. The molecule has 0 aromatic carbocycles. The zero-order valence-electron chi connectivity index (χ0n) is 9.88. The Morgan fingerprint density at radius 2 is 2.50 bits per heavy atom. The Morgan fingerprint density at radius 3 is 3.28 bits per heavy atom. The highest BCUT2D eigenvalue weighted by Crippen LogP contribution is 2.53. The van der Waals surface area contributed by atoms with E-state index in [1.54, 1.807) is 6.20 Å². The summed E-state index contributed by atoms with van der Waals surface area (Å²) in [6, 6.07) is 0. The van der Waals surface area contributed by atoms with Gasteiger partial charge in [-0.3, -0.25) is 0 Å². The van der Waals surface area contributed by atoms with Crippen molar-refractivity contribution in [2.24, 2.45) is 5.92 Å². The molecular formula is C13H14BrClN2O. The minimum atomic E-state index is 0.0802. The zero-order chi connectivity index (χ0) is 12.8. The van der Waals surface area contributed by atoms with E-state index in [1.165, 1.54) is 0 Å². The normalized spacial score (nSPS) is 29.3. The quantitative estimate of drug-likeness (QED) is 0.844. The lowest BCUT2D eigenvalue weighted by Crippen LogP contribution is -2.25. The minimum absolute atomic E-state index is 0.0802. The maximum absolute atomic E-state index is 10.7. The second kappa shape index (κ2) is 4.49. The van der Waals surface area contributed by atoms with Crippen molar-refractivity contribution in [3.8, 4) is 0 Å². The monoisotopic (exact) mass is 328 g/mol. The molecule has 0 saturated heterocycles. The summed E-state index contributed by atoms with van der Waals surface area (Å²) in [6.07, 6.45) is 6.66. The van der Waals surface area contributed by atoms with E-state index in [-0.39, 0.29) is 5.41 Å². The first kappa shape index (κ1) is 12.4. The maximum atomic E-state index is 10.7. The van der Waals surface area contributed by atoms with Crippen molar-refractivity contribution in [3.05, 3.63) is 21.3 Å². The number of anilines is 1. The summed E-state index contributed by atoms with van der Waals surface area (Å²) >= 11 is 9.88. The molecule has 1 aliphatic carbocycles. The maximum Gasteiger partial charge on any atom is 0.131 e. The SMILES string of the molecule is O=CCC1CCC2(CNc3ncc(Br)c(Cl)c32)C1. The summed E-state index contributed by atoms with van der Waals surface area (Å²) < 4.78 is 0.852. The van der Waals surface area contributed by atoms with Crippen LogP contribution in [0.2, 0.25) is 5.02 Å². The smallest absolute Gasteiger partial charge is 0.131 e. The van der Waals surface area contributed by atoms with Gasteiger partial charge in [-0.05, 0) is 41.1 Å². The molecule has 3 rings (SSSR count). The van der Waals surface area contributed by atoms with Gasteiger partial charge in [0.2, 0.25) is 0 Å². The van der Waals surface area contributed by atoms with E-state index in [0.717, 1.165) is 53.0 Å². The van der Waals surface area contributed by atoms with Crippen molar-refractivity contribution < 1.29 is 4.79 Å². The molecule has 2 atom stereocenters. The number of carbonyl (C=O) groups is 1. The Bertz CT molecular complexity index is 508. The first-order valence-corrected chi connectivity index (χ1v) is 7.35. The average molecular weight is 330 g/mol. The number of carbonyl (C=O) groups excluding carboxylic acids is 1. The second-order valence-corrected chi connectivity index (χ2v) is 6.52. The van der Waals surface area contributed by atoms with E-state index >= 15 is 0 Å². The topological polar surface area (TPSA) is 42.0 Å². The van der Waals surface area contributed by atoms with Crippen LogP contribution in [0.4, 0.5) is 5.82 Å². The van der Waals surface area contributed by atoms with E-state index in [9.17, 15) is 4.79 Å². The van der Waals surface area contributed by atoms with Crippen LogP contribution < -0.4 is 5.32 Å². The third kappa shape index (κ3) is 1.77. The number of halogens is 2. The summed E-state index contributed by atoms with van der Waals surface area (Å²) in [6.45, 7) is 0.890. The van der Waals surface area contributed by atoms with Crippen molar-refractivity contribution in [2.75, 3.05) is 11.9 Å². The first-order chi connectivity index (χ1) is 8.66. The fourth-order valence-corrected chi connectivity index (χ4v) is 4.03. The standard InChI is InChI=1S/C13H14BrClN2O/c14-9-6-16-12-10(11(9)15)13(7-17-12)3-1-8(5-13)2-4-18/h4,6,8H,1-3,5,7H2,(H,16,17). The Hall–Kier alpha value is -0.610. The molecule has 1 spiro atoms. The fourth-order valence-electron chi connectivity index (χ4n) is 3.39. The summed E-state index contributed by atoms with van der Waals surface area (Å²) in [4.78, 5) is 15.1. The molecule has 5 heteroatoms. The Kier molecular flexibility index (Phi) is 3.10. The van der Waals surface area contributed by atoms with Crippen molar-refractivity contribution in [3.63, 3.8) is 0 Å². The molecule has 3 nitrogen and oxygen atoms in total. The van der Waals surface area contributed by atoms with Crippen LogP contribution in [0.5, 0.6) is 0 Å². The lowest BCUT2D eigenvalue weighted by molar-refractivity contribution is -0.108. The molecule has 1 aromatic rings. The van der Waals surface area contributed by atoms with Gasteiger partial charge in [-0.2, -0.15) is 0 Å². The predicted octanol–water partition coefficient (Wildman–Crippen LogP) is 3.55. The molecule has 1 aromatic heterocycles. The van der Waals surface area contributed by atoms with Crippen LogP contribution in [-0.4, -0.2) is 17.8 Å². The Morgan fingerprint density at radius 1 is 1.67 bits per heavy atom. The molecule has 2 aliphatic rings. The van der Waals surface area contributed by atoms with Crippen LogP contribution in [0.3, 0.4) is 0 Å². The largest absolute Gasteiger partial charge is 0.369 e. The molecular weight excluding hydrogens is 316 g/mol. The number of aromatic nitrogens is 1. The highest BCUT2D eigenvalue weighted by atomic mass is 79.9. The molecule has 0 bridgehead atoms. The molecule has 1 aliphatic heterocycles. The predicted molar refractivity (Wildman–Crippen MR) is 75.1 cm³/mol. The first-order valence-electron chi connectivity index (χ1n) is 6.18. The van der Waals surface area contributed by atoms with Crippen LogP contribution in [-0.2, 0) is 10.2 Å². The van der Waals surface area contributed by atoms with Gasteiger partial charge in [-0.25, -0.2) is 4.98 Å². The summed E-state index contributed by atoms with van der Waals surface area (Å²) in [5, 5.41) is 4.13. The van der Waals surface area contributed by atoms with Gasteiger partial charge in [0.05, 0.1) is 9.50 Å². The third-order valence-electron chi connectivity index (χ3n) is 4.24. The average Bonchev–Trinajstić information content (AvgIpc) is 2.91. The number of hydrogen-bond acceptors (Lipinski definition) is 3. The summed E-state index contributed by atoms with van der Waals surface area (Å²) in [7, 11) is 0. The van der Waals surface area contributed by atoms with Gasteiger partial charge in [-0.15, -0.1) is 0 Å². The zero-order valence-corrected chi connectivity index (χ0v) is 12.2. The summed E-state index contributed by atoms with van der Waals surface area (Å²) in [5.41, 5.74) is 1.23. The van der Waals surface area contributed by atoms with Crippen molar-refractivity contribution in [1.29, 1.82) is 0 Å². The second-order valence-electron chi connectivity index (χ2n) is 5.29. The van der Waals surface area contributed by atoms with E-state index in [1.807, 2.05) is 0 Å². The van der Waals surface area contributed by atoms with Gasteiger partial charge in [0.25, 0.3) is 0 Å². The molecule has 0 radical (unpaired) electrons. The summed E-state index contributed by atoms with van der Waals surface area (Å²) in [5.74, 6) is 1.40. The van der Waals surface area contributed by atoms with E-state index in [0.29, 0.717) is 12.3 Å². The lowest BCUT2D eigenvalue weighted by Gasteiger charge is -2.24. The van der Waals surface area contributed by atoms with E-state index in [4.69, 9.17) is 11.6 Å². The Balaban J connectivity index is 2.00. The molecule has 18 heavy (non-hydrogen) atoms. The van der Waals surface area contributed by atoms with Gasteiger partial charge in [0.1, 0.15) is 12.1 Å². The fraction of sp³-hybridized carbons (Fsp3) is 0.538.